The summed E-state index contributed by atoms with van der Waals surface area (Å²) in [6.07, 6.45) is 0. The molecule has 1 heterocycles. The summed E-state index contributed by atoms with van der Waals surface area (Å²) >= 11 is 3.23. The first-order chi connectivity index (χ1) is 9.38. The number of aromatic carboxylic acids is 1. The van der Waals surface area contributed by atoms with Gasteiger partial charge in [0.15, 0.2) is 0 Å². The van der Waals surface area contributed by atoms with Crippen molar-refractivity contribution in [1.29, 1.82) is 0 Å². The van der Waals surface area contributed by atoms with Crippen LogP contribution in [0.1, 0.15) is 21.6 Å². The lowest BCUT2D eigenvalue weighted by molar-refractivity contribution is 0.0697. The molecule has 0 bridgehead atoms. The molecule has 20 heavy (non-hydrogen) atoms. The number of benzene rings is 1. The smallest absolute Gasteiger partial charge is 0.339 e. The average Bonchev–Trinajstić information content (AvgIpc) is 2.31. The lowest BCUT2D eigenvalue weighted by Crippen LogP contribution is -2.08. The summed E-state index contributed by atoms with van der Waals surface area (Å²) in [5.41, 5.74) is 1.97. The van der Waals surface area contributed by atoms with Crippen LogP contribution in [0.4, 0.5) is 15.9 Å². The number of aryl methyl sites for hydroxylation is 2. The number of rotatable bonds is 3. The number of anilines is 2. The minimum atomic E-state index is -1.06. The van der Waals surface area contributed by atoms with Gasteiger partial charge in [0.05, 0.1) is 5.69 Å². The fraction of sp³-hybridized carbons (Fsp3) is 0.143. The molecule has 4 nitrogen and oxygen atoms in total. The molecule has 0 saturated heterocycles. The third-order valence-electron chi connectivity index (χ3n) is 2.74. The van der Waals surface area contributed by atoms with E-state index in [-0.39, 0.29) is 17.2 Å². The molecule has 0 aliphatic heterocycles. The van der Waals surface area contributed by atoms with Gasteiger partial charge in [0.25, 0.3) is 0 Å². The van der Waals surface area contributed by atoms with E-state index >= 15 is 0 Å². The molecule has 1 aromatic heterocycles. The van der Waals surface area contributed by atoms with E-state index in [0.29, 0.717) is 21.4 Å². The Morgan fingerprint density at radius 2 is 2.05 bits per heavy atom. The fourth-order valence-corrected chi connectivity index (χ4v) is 2.37. The Bertz CT molecular complexity index is 689. The van der Waals surface area contributed by atoms with Crippen LogP contribution >= 0.6 is 15.9 Å². The van der Waals surface area contributed by atoms with Crippen LogP contribution in [-0.2, 0) is 0 Å². The molecule has 0 aliphatic rings. The number of nitrogens with one attached hydrogen (secondary N) is 1. The predicted molar refractivity (Wildman–Crippen MR) is 78.1 cm³/mol. The summed E-state index contributed by atoms with van der Waals surface area (Å²) in [4.78, 5) is 15.5. The van der Waals surface area contributed by atoms with Crippen LogP contribution in [0.2, 0.25) is 0 Å². The largest absolute Gasteiger partial charge is 0.478 e. The van der Waals surface area contributed by atoms with Crippen LogP contribution < -0.4 is 5.32 Å². The van der Waals surface area contributed by atoms with Crippen molar-refractivity contribution in [3.05, 3.63) is 51.4 Å². The Labute approximate surface area is 123 Å². The maximum absolute atomic E-state index is 13.1. The molecule has 0 amide bonds. The number of carboxylic acids is 1. The predicted octanol–water partition coefficient (Wildman–Crippen LogP) is 4.04. The van der Waals surface area contributed by atoms with Gasteiger partial charge in [-0.05, 0) is 59.6 Å². The second-order valence-electron chi connectivity index (χ2n) is 4.36. The lowest BCUT2D eigenvalue weighted by atomic mass is 10.1. The Balaban J connectivity index is 2.50. The minimum absolute atomic E-state index is 0.104. The number of nitrogens with zero attached hydrogens (tertiary/aromatic N) is 1. The lowest BCUT2D eigenvalue weighted by Gasteiger charge is -2.13. The van der Waals surface area contributed by atoms with E-state index < -0.39 is 5.97 Å². The second-order valence-corrected chi connectivity index (χ2v) is 5.21. The quantitative estimate of drug-likeness (QED) is 0.886. The van der Waals surface area contributed by atoms with E-state index in [1.807, 2.05) is 0 Å². The third-order valence-corrected chi connectivity index (χ3v) is 3.40. The number of hydrogen-bond acceptors (Lipinski definition) is 3. The maximum atomic E-state index is 13.1. The molecule has 0 saturated carbocycles. The van der Waals surface area contributed by atoms with Crippen molar-refractivity contribution < 1.29 is 14.3 Å². The van der Waals surface area contributed by atoms with E-state index in [0.717, 1.165) is 0 Å². The molecule has 0 unspecified atom stereocenters. The van der Waals surface area contributed by atoms with E-state index in [4.69, 9.17) is 0 Å². The minimum Gasteiger partial charge on any atom is -0.478 e. The zero-order valence-corrected chi connectivity index (χ0v) is 12.5. The van der Waals surface area contributed by atoms with E-state index in [1.165, 1.54) is 18.2 Å². The molecule has 0 spiro atoms. The standard InChI is InChI=1S/C14H12BrFN2O2/c1-7-5-8(2)17-13(12(7)14(19)20)18-11-4-3-9(16)6-10(11)15/h3-6H,1-2H3,(H,17,18)(H,19,20). The molecule has 2 N–H and O–H groups in total. The van der Waals surface area contributed by atoms with E-state index in [9.17, 15) is 14.3 Å². The molecule has 0 radical (unpaired) electrons. The van der Waals surface area contributed by atoms with Crippen LogP contribution in [0.5, 0.6) is 0 Å². The van der Waals surface area contributed by atoms with Gasteiger partial charge >= 0.3 is 5.97 Å². The summed E-state index contributed by atoms with van der Waals surface area (Å²) in [6.45, 7) is 3.49. The fourth-order valence-electron chi connectivity index (χ4n) is 1.92. The number of carbonyl (C=O) groups is 1. The SMILES string of the molecule is Cc1cc(C)c(C(=O)O)c(Nc2ccc(F)cc2Br)n1. The van der Waals surface area contributed by atoms with Crippen molar-refractivity contribution in [1.82, 2.24) is 4.98 Å². The summed E-state index contributed by atoms with van der Waals surface area (Å²) in [6, 6.07) is 5.81. The van der Waals surface area contributed by atoms with Crippen molar-refractivity contribution in [3.63, 3.8) is 0 Å². The van der Waals surface area contributed by atoms with Crippen molar-refractivity contribution >= 4 is 33.4 Å². The van der Waals surface area contributed by atoms with Gasteiger partial charge in [-0.3, -0.25) is 0 Å². The van der Waals surface area contributed by atoms with Crippen LogP contribution in [0, 0.1) is 19.7 Å². The first kappa shape index (κ1) is 14.5. The van der Waals surface area contributed by atoms with Gasteiger partial charge in [-0.25, -0.2) is 14.2 Å². The topological polar surface area (TPSA) is 62.2 Å². The summed E-state index contributed by atoms with van der Waals surface area (Å²) in [7, 11) is 0. The van der Waals surface area contributed by atoms with Gasteiger partial charge in [0.1, 0.15) is 17.2 Å². The summed E-state index contributed by atoms with van der Waals surface area (Å²) in [5.74, 6) is -1.20. The van der Waals surface area contributed by atoms with Gasteiger partial charge in [0, 0.05) is 10.2 Å². The summed E-state index contributed by atoms with van der Waals surface area (Å²) in [5, 5.41) is 12.2. The van der Waals surface area contributed by atoms with Crippen molar-refractivity contribution in [3.8, 4) is 0 Å². The highest BCUT2D eigenvalue weighted by Crippen LogP contribution is 2.28. The molecule has 0 atom stereocenters. The first-order valence-electron chi connectivity index (χ1n) is 5.82. The number of halogens is 2. The molecule has 2 rings (SSSR count). The van der Waals surface area contributed by atoms with E-state index in [2.05, 4.69) is 26.2 Å². The second kappa shape index (κ2) is 5.58. The molecule has 2 aromatic rings. The highest BCUT2D eigenvalue weighted by Gasteiger charge is 2.16. The third kappa shape index (κ3) is 2.96. The average molecular weight is 339 g/mol. The highest BCUT2D eigenvalue weighted by molar-refractivity contribution is 9.10. The van der Waals surface area contributed by atoms with Gasteiger partial charge in [-0.15, -0.1) is 0 Å². The Morgan fingerprint density at radius 1 is 1.35 bits per heavy atom. The number of pyridine rings is 1. The summed E-state index contributed by atoms with van der Waals surface area (Å²) < 4.78 is 13.5. The maximum Gasteiger partial charge on any atom is 0.339 e. The monoisotopic (exact) mass is 338 g/mol. The molecule has 0 aliphatic carbocycles. The van der Waals surface area contributed by atoms with Crippen molar-refractivity contribution in [2.75, 3.05) is 5.32 Å². The molecule has 6 heteroatoms. The van der Waals surface area contributed by atoms with Crippen LogP contribution in [0.3, 0.4) is 0 Å². The van der Waals surface area contributed by atoms with Crippen LogP contribution in [0.25, 0.3) is 0 Å². The van der Waals surface area contributed by atoms with Crippen molar-refractivity contribution in [2.24, 2.45) is 0 Å². The van der Waals surface area contributed by atoms with Gasteiger partial charge < -0.3 is 10.4 Å². The highest BCUT2D eigenvalue weighted by atomic mass is 79.9. The number of carboxylic acid groups (broad SMARTS) is 1. The van der Waals surface area contributed by atoms with Crippen molar-refractivity contribution in [2.45, 2.75) is 13.8 Å². The molecular weight excluding hydrogens is 327 g/mol. The molecule has 1 aromatic carbocycles. The number of hydrogen-bond donors (Lipinski definition) is 2. The van der Waals surface area contributed by atoms with Crippen LogP contribution in [-0.4, -0.2) is 16.1 Å². The zero-order chi connectivity index (χ0) is 14.9. The molecule has 0 fully saturated rings. The Morgan fingerprint density at radius 3 is 2.65 bits per heavy atom. The first-order valence-corrected chi connectivity index (χ1v) is 6.61. The Kier molecular flexibility index (Phi) is 4.04. The Hall–Kier alpha value is -1.95. The number of aromatic nitrogens is 1. The normalized spacial score (nSPS) is 10.4. The molecule has 104 valence electrons. The van der Waals surface area contributed by atoms with E-state index in [1.54, 1.807) is 19.9 Å². The zero-order valence-electron chi connectivity index (χ0n) is 10.9. The van der Waals surface area contributed by atoms with Crippen LogP contribution in [0.15, 0.2) is 28.7 Å². The van der Waals surface area contributed by atoms with Gasteiger partial charge in [-0.1, -0.05) is 0 Å². The van der Waals surface area contributed by atoms with Gasteiger partial charge in [-0.2, -0.15) is 0 Å². The van der Waals surface area contributed by atoms with Gasteiger partial charge in [0.2, 0.25) is 0 Å². The molecular formula is C14H12BrFN2O2.